The summed E-state index contributed by atoms with van der Waals surface area (Å²) in [6.07, 6.45) is 0. The fraction of sp³-hybridized carbons (Fsp3) is 0.417. The Kier molecular flexibility index (Phi) is 2.61. The van der Waals surface area contributed by atoms with Crippen molar-refractivity contribution in [1.82, 2.24) is 0 Å². The highest BCUT2D eigenvalue weighted by Gasteiger charge is 2.38. The Morgan fingerprint density at radius 2 is 2.27 bits per heavy atom. The molecule has 15 heavy (non-hydrogen) atoms. The van der Waals surface area contributed by atoms with Gasteiger partial charge in [-0.1, -0.05) is 18.2 Å². The molecule has 0 spiro atoms. The summed E-state index contributed by atoms with van der Waals surface area (Å²) in [7, 11) is 0. The number of fused-ring (bicyclic) bond motifs is 1. The molecule has 0 saturated heterocycles. The van der Waals surface area contributed by atoms with E-state index in [0.717, 1.165) is 16.0 Å². The minimum atomic E-state index is -0.606. The third-order valence-corrected chi connectivity index (χ3v) is 4.50. The number of aryl methyl sites for hydroxylation is 1. The molecule has 0 aliphatic carbocycles. The first kappa shape index (κ1) is 10.7. The summed E-state index contributed by atoms with van der Waals surface area (Å²) < 4.78 is 0. The highest BCUT2D eigenvalue weighted by molar-refractivity contribution is 7.99. The van der Waals surface area contributed by atoms with E-state index >= 15 is 0 Å². The molecule has 1 aliphatic heterocycles. The van der Waals surface area contributed by atoms with Crippen molar-refractivity contribution in [3.05, 3.63) is 29.3 Å². The molecule has 0 amide bonds. The largest absolute Gasteiger partial charge is 0.395 e. The SMILES string of the molecule is Cc1cccc2c1SCC(C)(CO)C2=O. The molecule has 1 atom stereocenters. The molecule has 1 N–H and O–H groups in total. The zero-order valence-electron chi connectivity index (χ0n) is 8.91. The van der Waals surface area contributed by atoms with Crippen molar-refractivity contribution in [3.8, 4) is 0 Å². The predicted molar refractivity (Wildman–Crippen MR) is 61.4 cm³/mol. The van der Waals surface area contributed by atoms with E-state index in [-0.39, 0.29) is 12.4 Å². The van der Waals surface area contributed by atoms with Crippen LogP contribution in [-0.2, 0) is 0 Å². The van der Waals surface area contributed by atoms with Crippen LogP contribution >= 0.6 is 11.8 Å². The maximum absolute atomic E-state index is 12.1. The second-order valence-electron chi connectivity index (χ2n) is 4.29. The van der Waals surface area contributed by atoms with Crippen LogP contribution in [0.4, 0.5) is 0 Å². The smallest absolute Gasteiger partial charge is 0.173 e. The quantitative estimate of drug-likeness (QED) is 0.792. The molecule has 0 saturated carbocycles. The van der Waals surface area contributed by atoms with E-state index in [0.29, 0.717) is 5.75 Å². The van der Waals surface area contributed by atoms with Gasteiger partial charge in [-0.25, -0.2) is 0 Å². The summed E-state index contributed by atoms with van der Waals surface area (Å²) in [6.45, 7) is 3.76. The maximum Gasteiger partial charge on any atom is 0.173 e. The second-order valence-corrected chi connectivity index (χ2v) is 5.27. The number of ketones is 1. The number of aliphatic hydroxyl groups excluding tert-OH is 1. The van der Waals surface area contributed by atoms with Gasteiger partial charge >= 0.3 is 0 Å². The molecule has 1 heterocycles. The highest BCUT2D eigenvalue weighted by atomic mass is 32.2. The number of thioether (sulfide) groups is 1. The molecule has 1 aromatic carbocycles. The van der Waals surface area contributed by atoms with Crippen LogP contribution in [0.25, 0.3) is 0 Å². The van der Waals surface area contributed by atoms with Crippen LogP contribution in [0.2, 0.25) is 0 Å². The first-order valence-electron chi connectivity index (χ1n) is 4.96. The van der Waals surface area contributed by atoms with Gasteiger partial charge in [-0.15, -0.1) is 11.8 Å². The number of hydrogen-bond donors (Lipinski definition) is 1. The maximum atomic E-state index is 12.1. The highest BCUT2D eigenvalue weighted by Crippen LogP contribution is 2.40. The minimum Gasteiger partial charge on any atom is -0.395 e. The molecule has 1 aliphatic rings. The lowest BCUT2D eigenvalue weighted by atomic mass is 9.84. The van der Waals surface area contributed by atoms with Crippen molar-refractivity contribution >= 4 is 17.5 Å². The number of benzene rings is 1. The Bertz CT molecular complexity index is 414. The van der Waals surface area contributed by atoms with Gasteiger partial charge in [0.1, 0.15) is 0 Å². The van der Waals surface area contributed by atoms with E-state index in [9.17, 15) is 9.90 Å². The third-order valence-electron chi connectivity index (χ3n) is 2.89. The van der Waals surface area contributed by atoms with Gasteiger partial charge in [0.15, 0.2) is 5.78 Å². The lowest BCUT2D eigenvalue weighted by Crippen LogP contribution is -2.37. The van der Waals surface area contributed by atoms with Gasteiger partial charge in [-0.05, 0) is 19.4 Å². The fourth-order valence-electron chi connectivity index (χ4n) is 1.76. The Morgan fingerprint density at radius 1 is 1.53 bits per heavy atom. The Balaban J connectivity index is 2.52. The van der Waals surface area contributed by atoms with Gasteiger partial charge in [0.25, 0.3) is 0 Å². The van der Waals surface area contributed by atoms with Gasteiger partial charge in [-0.2, -0.15) is 0 Å². The summed E-state index contributed by atoms with van der Waals surface area (Å²) in [4.78, 5) is 13.2. The van der Waals surface area contributed by atoms with Crippen LogP contribution in [0.3, 0.4) is 0 Å². The van der Waals surface area contributed by atoms with Crippen LogP contribution in [0.5, 0.6) is 0 Å². The van der Waals surface area contributed by atoms with Crippen LogP contribution < -0.4 is 0 Å². The van der Waals surface area contributed by atoms with Gasteiger partial charge in [-0.3, -0.25) is 4.79 Å². The molecule has 0 radical (unpaired) electrons. The molecule has 0 bridgehead atoms. The van der Waals surface area contributed by atoms with Crippen molar-refractivity contribution in [2.75, 3.05) is 12.4 Å². The molecule has 0 aromatic heterocycles. The number of carbonyl (C=O) groups excluding carboxylic acids is 1. The van der Waals surface area contributed by atoms with Crippen molar-refractivity contribution in [3.63, 3.8) is 0 Å². The van der Waals surface area contributed by atoms with E-state index in [1.165, 1.54) is 0 Å². The molecule has 2 rings (SSSR count). The van der Waals surface area contributed by atoms with Crippen LogP contribution in [0, 0.1) is 12.3 Å². The summed E-state index contributed by atoms with van der Waals surface area (Å²) in [6, 6.07) is 5.77. The standard InChI is InChI=1S/C12H14O2S/c1-8-4-3-5-9-10(8)15-7-12(2,6-13)11(9)14/h3-5,13H,6-7H2,1-2H3. The Morgan fingerprint density at radius 3 is 2.93 bits per heavy atom. The Labute approximate surface area is 93.7 Å². The normalized spacial score (nSPS) is 25.1. The average Bonchev–Trinajstić information content (AvgIpc) is 2.24. The fourth-order valence-corrected chi connectivity index (χ4v) is 3.06. The topological polar surface area (TPSA) is 37.3 Å². The van der Waals surface area contributed by atoms with Gasteiger partial charge < -0.3 is 5.11 Å². The van der Waals surface area contributed by atoms with E-state index in [4.69, 9.17) is 0 Å². The van der Waals surface area contributed by atoms with Gasteiger partial charge in [0.05, 0.1) is 12.0 Å². The Hall–Kier alpha value is -0.800. The first-order valence-corrected chi connectivity index (χ1v) is 5.95. The molecule has 0 fully saturated rings. The number of aliphatic hydroxyl groups is 1. The molecule has 2 nitrogen and oxygen atoms in total. The van der Waals surface area contributed by atoms with Gasteiger partial charge in [0, 0.05) is 16.2 Å². The summed E-state index contributed by atoms with van der Waals surface area (Å²) >= 11 is 1.67. The average molecular weight is 222 g/mol. The molecule has 1 unspecified atom stereocenters. The zero-order chi connectivity index (χ0) is 11.1. The van der Waals surface area contributed by atoms with Crippen molar-refractivity contribution in [2.24, 2.45) is 5.41 Å². The summed E-state index contributed by atoms with van der Waals surface area (Å²) in [5, 5.41) is 9.28. The molecule has 1 aromatic rings. The van der Waals surface area contributed by atoms with Crippen LogP contribution in [0.1, 0.15) is 22.8 Å². The van der Waals surface area contributed by atoms with Crippen molar-refractivity contribution < 1.29 is 9.90 Å². The number of carbonyl (C=O) groups is 1. The summed E-state index contributed by atoms with van der Waals surface area (Å²) in [5.74, 6) is 0.739. The molecule has 80 valence electrons. The van der Waals surface area contributed by atoms with E-state index in [1.54, 1.807) is 11.8 Å². The zero-order valence-corrected chi connectivity index (χ0v) is 9.73. The molecular formula is C12H14O2S. The monoisotopic (exact) mass is 222 g/mol. The van der Waals surface area contributed by atoms with E-state index in [1.807, 2.05) is 32.0 Å². The van der Waals surface area contributed by atoms with Crippen molar-refractivity contribution in [2.45, 2.75) is 18.7 Å². The second kappa shape index (κ2) is 3.65. The van der Waals surface area contributed by atoms with Crippen molar-refractivity contribution in [1.29, 1.82) is 0 Å². The number of Topliss-reactive ketones (excluding diaryl/α,β-unsaturated/α-hetero) is 1. The molecular weight excluding hydrogens is 208 g/mol. The van der Waals surface area contributed by atoms with E-state index in [2.05, 4.69) is 0 Å². The first-order chi connectivity index (χ1) is 7.08. The van der Waals surface area contributed by atoms with E-state index < -0.39 is 5.41 Å². The number of rotatable bonds is 1. The van der Waals surface area contributed by atoms with Crippen LogP contribution in [0.15, 0.2) is 23.1 Å². The van der Waals surface area contributed by atoms with Crippen LogP contribution in [-0.4, -0.2) is 23.2 Å². The van der Waals surface area contributed by atoms with Gasteiger partial charge in [0.2, 0.25) is 0 Å². The predicted octanol–water partition coefficient (Wildman–Crippen LogP) is 2.28. The molecule has 3 heteroatoms. The minimum absolute atomic E-state index is 0.0717. The number of hydrogen-bond acceptors (Lipinski definition) is 3. The lowest BCUT2D eigenvalue weighted by Gasteiger charge is -2.31. The lowest BCUT2D eigenvalue weighted by molar-refractivity contribution is 0.0726. The summed E-state index contributed by atoms with van der Waals surface area (Å²) in [5.41, 5.74) is 1.31. The third kappa shape index (κ3) is 1.60.